The van der Waals surface area contributed by atoms with E-state index in [1.54, 1.807) is 11.3 Å². The minimum absolute atomic E-state index is 0.697. The second-order valence-electron chi connectivity index (χ2n) is 5.64. The SMILES string of the molecule is Cc1cncc(-c2ccc3nc(Nc4ccc(C)nn4)sc3c2)c1. The van der Waals surface area contributed by atoms with Crippen LogP contribution in [0.5, 0.6) is 0 Å². The van der Waals surface area contributed by atoms with Gasteiger partial charge in [-0.05, 0) is 55.3 Å². The van der Waals surface area contributed by atoms with Crippen molar-refractivity contribution >= 4 is 32.5 Å². The Morgan fingerprint density at radius 3 is 2.62 bits per heavy atom. The Morgan fingerprint density at radius 2 is 1.83 bits per heavy atom. The van der Waals surface area contributed by atoms with Crippen LogP contribution in [0.3, 0.4) is 0 Å². The van der Waals surface area contributed by atoms with Crippen LogP contribution in [0.15, 0.2) is 48.8 Å². The van der Waals surface area contributed by atoms with Crippen LogP contribution in [0, 0.1) is 13.8 Å². The lowest BCUT2D eigenvalue weighted by Gasteiger charge is -2.01. The Labute approximate surface area is 143 Å². The number of nitrogens with zero attached hydrogens (tertiary/aromatic N) is 4. The Morgan fingerprint density at radius 1 is 0.917 bits per heavy atom. The van der Waals surface area contributed by atoms with Crippen molar-refractivity contribution in [3.05, 3.63) is 60.0 Å². The number of hydrogen-bond acceptors (Lipinski definition) is 6. The molecule has 0 atom stereocenters. The highest BCUT2D eigenvalue weighted by Crippen LogP contribution is 2.31. The summed E-state index contributed by atoms with van der Waals surface area (Å²) in [5.41, 5.74) is 5.26. The van der Waals surface area contributed by atoms with Crippen LogP contribution < -0.4 is 5.32 Å². The third-order valence-corrected chi connectivity index (χ3v) is 4.56. The first-order valence-electron chi connectivity index (χ1n) is 7.57. The van der Waals surface area contributed by atoms with Gasteiger partial charge in [-0.3, -0.25) is 4.98 Å². The largest absolute Gasteiger partial charge is 0.315 e. The third-order valence-electron chi connectivity index (χ3n) is 3.63. The van der Waals surface area contributed by atoms with E-state index in [9.17, 15) is 0 Å². The van der Waals surface area contributed by atoms with Crippen LogP contribution in [0.2, 0.25) is 0 Å². The molecule has 0 spiro atoms. The molecule has 3 heterocycles. The molecule has 6 heteroatoms. The second kappa shape index (κ2) is 5.98. The standard InChI is InChI=1S/C18H15N5S/c1-11-7-14(10-19-9-11)13-4-5-15-16(8-13)24-18(20-15)21-17-6-3-12(2)22-23-17/h3-10H,1-2H3,(H,20,21,23). The molecule has 24 heavy (non-hydrogen) atoms. The van der Waals surface area contributed by atoms with Gasteiger partial charge in [0.2, 0.25) is 0 Å². The van der Waals surface area contributed by atoms with Crippen molar-refractivity contribution in [2.24, 2.45) is 0 Å². The number of aryl methyl sites for hydroxylation is 2. The zero-order chi connectivity index (χ0) is 16.5. The molecule has 4 aromatic rings. The minimum Gasteiger partial charge on any atom is -0.315 e. The summed E-state index contributed by atoms with van der Waals surface area (Å²) in [7, 11) is 0. The molecule has 1 N–H and O–H groups in total. The number of benzene rings is 1. The molecule has 0 fully saturated rings. The topological polar surface area (TPSA) is 63.6 Å². The van der Waals surface area contributed by atoms with Gasteiger partial charge in [0, 0.05) is 18.0 Å². The predicted molar refractivity (Wildman–Crippen MR) is 97.6 cm³/mol. The molecule has 0 aliphatic heterocycles. The van der Waals surface area contributed by atoms with E-state index in [1.165, 1.54) is 0 Å². The van der Waals surface area contributed by atoms with Crippen molar-refractivity contribution in [2.75, 3.05) is 5.32 Å². The van der Waals surface area contributed by atoms with Gasteiger partial charge in [-0.2, -0.15) is 5.10 Å². The van der Waals surface area contributed by atoms with Crippen LogP contribution in [0.25, 0.3) is 21.3 Å². The molecule has 0 radical (unpaired) electrons. The Bertz CT molecular complexity index is 1010. The molecule has 0 unspecified atom stereocenters. The zero-order valence-corrected chi connectivity index (χ0v) is 14.1. The molecule has 0 amide bonds. The maximum Gasteiger partial charge on any atom is 0.189 e. The van der Waals surface area contributed by atoms with E-state index in [4.69, 9.17) is 0 Å². The number of pyridine rings is 1. The number of nitrogens with one attached hydrogen (secondary N) is 1. The summed E-state index contributed by atoms with van der Waals surface area (Å²) in [5, 5.41) is 12.2. The van der Waals surface area contributed by atoms with E-state index < -0.39 is 0 Å². The Balaban J connectivity index is 1.67. The molecular formula is C18H15N5S. The van der Waals surface area contributed by atoms with E-state index in [0.29, 0.717) is 5.82 Å². The summed E-state index contributed by atoms with van der Waals surface area (Å²) in [4.78, 5) is 8.88. The van der Waals surface area contributed by atoms with Gasteiger partial charge in [-0.15, -0.1) is 5.10 Å². The van der Waals surface area contributed by atoms with E-state index in [0.717, 1.165) is 37.7 Å². The van der Waals surface area contributed by atoms with Gasteiger partial charge in [0.25, 0.3) is 0 Å². The van der Waals surface area contributed by atoms with Gasteiger partial charge >= 0.3 is 0 Å². The number of fused-ring (bicyclic) bond motifs is 1. The molecule has 0 aliphatic rings. The summed E-state index contributed by atoms with van der Waals surface area (Å²) >= 11 is 1.60. The van der Waals surface area contributed by atoms with Crippen LogP contribution in [-0.2, 0) is 0 Å². The lowest BCUT2D eigenvalue weighted by Crippen LogP contribution is -1.95. The molecule has 0 bridgehead atoms. The first-order valence-corrected chi connectivity index (χ1v) is 8.39. The van der Waals surface area contributed by atoms with Crippen molar-refractivity contribution in [1.29, 1.82) is 0 Å². The van der Waals surface area contributed by atoms with Crippen LogP contribution in [0.1, 0.15) is 11.3 Å². The zero-order valence-electron chi connectivity index (χ0n) is 13.3. The molecule has 0 saturated carbocycles. The fraction of sp³-hybridized carbons (Fsp3) is 0.111. The average molecular weight is 333 g/mol. The van der Waals surface area contributed by atoms with Gasteiger partial charge in [0.15, 0.2) is 10.9 Å². The number of thiazole rings is 1. The van der Waals surface area contributed by atoms with E-state index in [1.807, 2.05) is 44.4 Å². The summed E-state index contributed by atoms with van der Waals surface area (Å²) in [6.07, 6.45) is 3.75. The van der Waals surface area contributed by atoms with Crippen molar-refractivity contribution in [2.45, 2.75) is 13.8 Å². The molecule has 0 aliphatic carbocycles. The highest BCUT2D eigenvalue weighted by Gasteiger charge is 2.07. The monoisotopic (exact) mass is 333 g/mol. The molecule has 118 valence electrons. The molecule has 1 aromatic carbocycles. The quantitative estimate of drug-likeness (QED) is 0.597. The highest BCUT2D eigenvalue weighted by atomic mass is 32.1. The maximum atomic E-state index is 4.61. The Hall–Kier alpha value is -2.86. The second-order valence-corrected chi connectivity index (χ2v) is 6.67. The maximum absolute atomic E-state index is 4.61. The smallest absolute Gasteiger partial charge is 0.189 e. The number of aromatic nitrogens is 4. The lowest BCUT2D eigenvalue weighted by atomic mass is 10.1. The van der Waals surface area contributed by atoms with Gasteiger partial charge in [-0.1, -0.05) is 17.4 Å². The summed E-state index contributed by atoms with van der Waals surface area (Å²) in [6, 6.07) is 12.2. The van der Waals surface area contributed by atoms with E-state index in [2.05, 4.69) is 43.7 Å². The minimum atomic E-state index is 0.697. The summed E-state index contributed by atoms with van der Waals surface area (Å²) < 4.78 is 1.12. The van der Waals surface area contributed by atoms with Crippen LogP contribution in [-0.4, -0.2) is 20.2 Å². The molecule has 3 aromatic heterocycles. The Kier molecular flexibility index (Phi) is 3.66. The molecule has 4 rings (SSSR count). The first kappa shape index (κ1) is 14.7. The fourth-order valence-electron chi connectivity index (χ4n) is 2.45. The predicted octanol–water partition coefficient (Wildman–Crippen LogP) is 4.51. The van der Waals surface area contributed by atoms with Crippen molar-refractivity contribution in [1.82, 2.24) is 20.2 Å². The lowest BCUT2D eigenvalue weighted by molar-refractivity contribution is 0.985. The van der Waals surface area contributed by atoms with Crippen LogP contribution >= 0.6 is 11.3 Å². The van der Waals surface area contributed by atoms with Gasteiger partial charge in [0.05, 0.1) is 15.9 Å². The summed E-state index contributed by atoms with van der Waals surface area (Å²) in [5.74, 6) is 0.697. The third kappa shape index (κ3) is 2.96. The summed E-state index contributed by atoms with van der Waals surface area (Å²) in [6.45, 7) is 3.96. The van der Waals surface area contributed by atoms with Gasteiger partial charge < -0.3 is 5.32 Å². The van der Waals surface area contributed by atoms with Crippen molar-refractivity contribution in [3.63, 3.8) is 0 Å². The number of rotatable bonds is 3. The molecular weight excluding hydrogens is 318 g/mol. The first-order chi connectivity index (χ1) is 11.7. The number of anilines is 2. The van der Waals surface area contributed by atoms with Gasteiger partial charge in [-0.25, -0.2) is 4.98 Å². The molecule has 0 saturated heterocycles. The van der Waals surface area contributed by atoms with Gasteiger partial charge in [0.1, 0.15) is 0 Å². The van der Waals surface area contributed by atoms with E-state index in [-0.39, 0.29) is 0 Å². The fourth-order valence-corrected chi connectivity index (χ4v) is 3.36. The molecule has 5 nitrogen and oxygen atoms in total. The van der Waals surface area contributed by atoms with Crippen LogP contribution in [0.4, 0.5) is 10.9 Å². The van der Waals surface area contributed by atoms with E-state index >= 15 is 0 Å². The normalized spacial score (nSPS) is 10.9. The highest BCUT2D eigenvalue weighted by molar-refractivity contribution is 7.22. The average Bonchev–Trinajstić information content (AvgIpc) is 2.98. The van der Waals surface area contributed by atoms with Crippen molar-refractivity contribution in [3.8, 4) is 11.1 Å². The van der Waals surface area contributed by atoms with Crippen molar-refractivity contribution < 1.29 is 0 Å². The number of hydrogen-bond donors (Lipinski definition) is 1.